The van der Waals surface area contributed by atoms with E-state index in [1.54, 1.807) is 6.08 Å². The lowest BCUT2D eigenvalue weighted by molar-refractivity contribution is 0.467. The Hall–Kier alpha value is 0.200. The van der Waals surface area contributed by atoms with E-state index < -0.39 is 0 Å². The largest absolute Gasteiger partial charge is 0.506 e. The van der Waals surface area contributed by atoms with Crippen molar-refractivity contribution in [1.82, 2.24) is 0 Å². The van der Waals surface area contributed by atoms with Crippen LogP contribution in [0.15, 0.2) is 32.1 Å². The average Bonchev–Trinajstić information content (AvgIpc) is 2.09. The predicted octanol–water partition coefficient (Wildman–Crippen LogP) is 4.41. The summed E-state index contributed by atoms with van der Waals surface area (Å²) in [5, 5.41) is 9.59. The Morgan fingerprint density at radius 3 is 2.46 bits per heavy atom. The standard InChI is InChI=1S/C9H7Br3O/c1-2-3-5-6(10)4-7(11)9(13)8(5)12/h2,4,13H,1,3H2. The van der Waals surface area contributed by atoms with Crippen LogP contribution in [0.2, 0.25) is 0 Å². The molecule has 1 N–H and O–H groups in total. The summed E-state index contributed by atoms with van der Waals surface area (Å²) in [7, 11) is 0. The van der Waals surface area contributed by atoms with Gasteiger partial charge in [-0.05, 0) is 49.9 Å². The van der Waals surface area contributed by atoms with Gasteiger partial charge in [0.25, 0.3) is 0 Å². The number of benzene rings is 1. The summed E-state index contributed by atoms with van der Waals surface area (Å²) in [4.78, 5) is 0. The van der Waals surface area contributed by atoms with Crippen LogP contribution in [0.1, 0.15) is 5.56 Å². The van der Waals surface area contributed by atoms with Gasteiger partial charge in [0.1, 0.15) is 5.75 Å². The fraction of sp³-hybridized carbons (Fsp3) is 0.111. The highest BCUT2D eigenvalue weighted by Crippen LogP contribution is 2.39. The molecule has 0 fully saturated rings. The molecule has 0 amide bonds. The minimum Gasteiger partial charge on any atom is -0.506 e. The molecule has 0 bridgehead atoms. The van der Waals surface area contributed by atoms with Gasteiger partial charge in [0.15, 0.2) is 0 Å². The van der Waals surface area contributed by atoms with Crippen LogP contribution in [-0.4, -0.2) is 5.11 Å². The van der Waals surface area contributed by atoms with Gasteiger partial charge in [0.2, 0.25) is 0 Å². The summed E-state index contributed by atoms with van der Waals surface area (Å²) in [5.74, 6) is 0.222. The molecule has 0 heterocycles. The van der Waals surface area contributed by atoms with Crippen LogP contribution in [0, 0.1) is 0 Å². The van der Waals surface area contributed by atoms with Crippen LogP contribution in [0.4, 0.5) is 0 Å². The summed E-state index contributed by atoms with van der Waals surface area (Å²) < 4.78 is 2.32. The number of allylic oxidation sites excluding steroid dienone is 1. The Morgan fingerprint density at radius 1 is 1.31 bits per heavy atom. The van der Waals surface area contributed by atoms with Gasteiger partial charge in [-0.15, -0.1) is 6.58 Å². The molecular formula is C9H7Br3O. The van der Waals surface area contributed by atoms with Crippen LogP contribution >= 0.6 is 47.8 Å². The van der Waals surface area contributed by atoms with Gasteiger partial charge in [0, 0.05) is 4.47 Å². The first-order valence-electron chi connectivity index (χ1n) is 3.54. The normalized spacial score (nSPS) is 10.1. The van der Waals surface area contributed by atoms with Crippen molar-refractivity contribution in [3.05, 3.63) is 37.7 Å². The van der Waals surface area contributed by atoms with E-state index >= 15 is 0 Å². The van der Waals surface area contributed by atoms with Crippen LogP contribution in [0.3, 0.4) is 0 Å². The van der Waals surface area contributed by atoms with Gasteiger partial charge >= 0.3 is 0 Å². The second-order valence-corrected chi connectivity index (χ2v) is 4.98. The summed E-state index contributed by atoms with van der Waals surface area (Å²) in [6, 6.07) is 1.82. The molecule has 0 atom stereocenters. The lowest BCUT2D eigenvalue weighted by atomic mass is 10.1. The predicted molar refractivity (Wildman–Crippen MR) is 65.1 cm³/mol. The van der Waals surface area contributed by atoms with E-state index in [1.807, 2.05) is 6.07 Å². The van der Waals surface area contributed by atoms with E-state index in [2.05, 4.69) is 54.4 Å². The molecule has 0 aliphatic carbocycles. The molecule has 0 aromatic heterocycles. The molecule has 0 unspecified atom stereocenters. The molecule has 1 aromatic rings. The molecule has 0 radical (unpaired) electrons. The van der Waals surface area contributed by atoms with Crippen LogP contribution in [0.25, 0.3) is 0 Å². The quantitative estimate of drug-likeness (QED) is 0.765. The minimum atomic E-state index is 0.222. The molecule has 4 heteroatoms. The fourth-order valence-corrected chi connectivity index (χ4v) is 3.40. The maximum atomic E-state index is 9.59. The Balaban J connectivity index is 3.34. The maximum Gasteiger partial charge on any atom is 0.144 e. The van der Waals surface area contributed by atoms with E-state index in [-0.39, 0.29) is 5.75 Å². The lowest BCUT2D eigenvalue weighted by Gasteiger charge is -2.08. The third kappa shape index (κ3) is 2.36. The fourth-order valence-electron chi connectivity index (χ4n) is 0.951. The zero-order valence-corrected chi connectivity index (χ0v) is 11.4. The second-order valence-electron chi connectivity index (χ2n) is 2.47. The van der Waals surface area contributed by atoms with E-state index in [1.165, 1.54) is 0 Å². The minimum absolute atomic E-state index is 0.222. The van der Waals surface area contributed by atoms with E-state index in [0.717, 1.165) is 10.0 Å². The summed E-state index contributed by atoms with van der Waals surface area (Å²) >= 11 is 9.99. The van der Waals surface area contributed by atoms with Crippen molar-refractivity contribution in [3.8, 4) is 5.75 Å². The van der Waals surface area contributed by atoms with E-state index in [9.17, 15) is 5.11 Å². The summed E-state index contributed by atoms with van der Waals surface area (Å²) in [6.07, 6.45) is 2.50. The molecule has 0 saturated carbocycles. The van der Waals surface area contributed by atoms with E-state index in [4.69, 9.17) is 0 Å². The Morgan fingerprint density at radius 2 is 1.92 bits per heavy atom. The summed E-state index contributed by atoms with van der Waals surface area (Å²) in [6.45, 7) is 3.66. The average molecular weight is 371 g/mol. The number of halogens is 3. The first-order chi connectivity index (χ1) is 6.07. The molecular weight excluding hydrogens is 364 g/mol. The Labute approximate surface area is 102 Å². The Kier molecular flexibility index (Phi) is 4.01. The van der Waals surface area contributed by atoms with Crippen molar-refractivity contribution in [3.63, 3.8) is 0 Å². The van der Waals surface area contributed by atoms with Crippen LogP contribution < -0.4 is 0 Å². The van der Waals surface area contributed by atoms with Gasteiger partial charge in [-0.25, -0.2) is 0 Å². The highest BCUT2D eigenvalue weighted by atomic mass is 79.9. The smallest absolute Gasteiger partial charge is 0.144 e. The van der Waals surface area contributed by atoms with Gasteiger partial charge < -0.3 is 5.11 Å². The number of hydrogen-bond acceptors (Lipinski definition) is 1. The number of phenols is 1. The molecule has 13 heavy (non-hydrogen) atoms. The first kappa shape index (κ1) is 11.3. The molecule has 1 nitrogen and oxygen atoms in total. The monoisotopic (exact) mass is 368 g/mol. The second kappa shape index (κ2) is 4.62. The molecule has 0 saturated heterocycles. The van der Waals surface area contributed by atoms with Gasteiger partial charge in [0.05, 0.1) is 8.95 Å². The lowest BCUT2D eigenvalue weighted by Crippen LogP contribution is -1.87. The van der Waals surface area contributed by atoms with Crippen LogP contribution in [0.5, 0.6) is 5.75 Å². The number of hydrogen-bond donors (Lipinski definition) is 1. The molecule has 0 aliphatic rings. The molecule has 1 rings (SSSR count). The van der Waals surface area contributed by atoms with Gasteiger partial charge in [-0.2, -0.15) is 0 Å². The van der Waals surface area contributed by atoms with Gasteiger partial charge in [-0.3, -0.25) is 0 Å². The van der Waals surface area contributed by atoms with Crippen molar-refractivity contribution in [2.24, 2.45) is 0 Å². The third-order valence-corrected chi connectivity index (χ3v) is 3.76. The highest BCUT2D eigenvalue weighted by molar-refractivity contribution is 9.11. The molecule has 0 aliphatic heterocycles. The van der Waals surface area contributed by atoms with Crippen molar-refractivity contribution >= 4 is 47.8 Å². The Bertz CT molecular complexity index is 347. The van der Waals surface area contributed by atoms with E-state index in [0.29, 0.717) is 15.4 Å². The first-order valence-corrected chi connectivity index (χ1v) is 5.92. The SMILES string of the molecule is C=CCc1c(Br)cc(Br)c(O)c1Br. The van der Waals surface area contributed by atoms with Crippen molar-refractivity contribution < 1.29 is 5.11 Å². The number of aromatic hydroxyl groups is 1. The highest BCUT2D eigenvalue weighted by Gasteiger charge is 2.11. The van der Waals surface area contributed by atoms with Gasteiger partial charge in [-0.1, -0.05) is 22.0 Å². The van der Waals surface area contributed by atoms with Crippen molar-refractivity contribution in [1.29, 1.82) is 0 Å². The van der Waals surface area contributed by atoms with Crippen LogP contribution in [-0.2, 0) is 6.42 Å². The number of phenolic OH excluding ortho intramolecular Hbond substituents is 1. The zero-order chi connectivity index (χ0) is 10.0. The summed E-state index contributed by atoms with van der Waals surface area (Å²) in [5.41, 5.74) is 0.996. The zero-order valence-electron chi connectivity index (χ0n) is 6.65. The number of rotatable bonds is 2. The molecule has 1 aromatic carbocycles. The van der Waals surface area contributed by atoms with Crippen molar-refractivity contribution in [2.75, 3.05) is 0 Å². The van der Waals surface area contributed by atoms with Crippen molar-refractivity contribution in [2.45, 2.75) is 6.42 Å². The molecule has 0 spiro atoms. The maximum absolute atomic E-state index is 9.59. The molecule has 70 valence electrons. The third-order valence-electron chi connectivity index (χ3n) is 1.59. The topological polar surface area (TPSA) is 20.2 Å².